The number of carbonyl (C=O) groups is 1. The molecule has 2 atom stereocenters. The molecule has 23 heavy (non-hydrogen) atoms. The Morgan fingerprint density at radius 1 is 1.39 bits per heavy atom. The molecule has 0 spiro atoms. The zero-order valence-corrected chi connectivity index (χ0v) is 14.4. The minimum atomic E-state index is -0.153. The summed E-state index contributed by atoms with van der Waals surface area (Å²) in [6, 6.07) is 2.22. The van der Waals surface area contributed by atoms with E-state index in [2.05, 4.69) is 10.2 Å². The van der Waals surface area contributed by atoms with E-state index >= 15 is 0 Å². The molecule has 6 nitrogen and oxygen atoms in total. The molecule has 124 valence electrons. The van der Waals surface area contributed by atoms with Crippen LogP contribution in [0.15, 0.2) is 18.5 Å². The zero-order valence-electron chi connectivity index (χ0n) is 14.4. The van der Waals surface area contributed by atoms with Crippen molar-refractivity contribution in [2.45, 2.75) is 45.6 Å². The van der Waals surface area contributed by atoms with Gasteiger partial charge in [0.25, 0.3) is 0 Å². The first-order valence-corrected chi connectivity index (χ1v) is 8.27. The number of likely N-dealkylation sites (tertiary alicyclic amines) is 1. The summed E-state index contributed by atoms with van der Waals surface area (Å²) in [7, 11) is 1.93. The Morgan fingerprint density at radius 3 is 2.78 bits per heavy atom. The first-order chi connectivity index (χ1) is 11.0. The number of amides is 1. The van der Waals surface area contributed by atoms with E-state index in [0.29, 0.717) is 0 Å². The fourth-order valence-electron chi connectivity index (χ4n) is 3.68. The second-order valence-corrected chi connectivity index (χ2v) is 6.50. The zero-order chi connectivity index (χ0) is 16.6. The molecule has 2 aromatic heterocycles. The topological polar surface area (TPSA) is 56.0 Å². The van der Waals surface area contributed by atoms with E-state index in [1.54, 1.807) is 6.20 Å². The number of rotatable bonds is 3. The Hall–Kier alpha value is -2.11. The Kier molecular flexibility index (Phi) is 4.24. The molecule has 0 bridgehead atoms. The second-order valence-electron chi connectivity index (χ2n) is 6.50. The van der Waals surface area contributed by atoms with Crippen molar-refractivity contribution in [1.29, 1.82) is 0 Å². The van der Waals surface area contributed by atoms with Crippen molar-refractivity contribution in [2.75, 3.05) is 13.1 Å². The molecule has 0 aromatic carbocycles. The van der Waals surface area contributed by atoms with E-state index in [1.165, 1.54) is 0 Å². The standard InChI is InChI=1S/C17H25N5O/c1-12(16-13(2)19-20(4)14(16)3)17(23)21-9-5-7-15(11-21)22-10-6-8-18-22/h6,8,10,12,15H,5,7,9,11H2,1-4H3. The van der Waals surface area contributed by atoms with Gasteiger partial charge in [-0.2, -0.15) is 10.2 Å². The van der Waals surface area contributed by atoms with Gasteiger partial charge in [-0.3, -0.25) is 14.2 Å². The molecule has 2 aromatic rings. The molecular weight excluding hydrogens is 290 g/mol. The van der Waals surface area contributed by atoms with Gasteiger partial charge in [-0.1, -0.05) is 0 Å². The normalized spacial score (nSPS) is 19.8. The average Bonchev–Trinajstić information content (AvgIpc) is 3.16. The van der Waals surface area contributed by atoms with Gasteiger partial charge in [0.15, 0.2) is 0 Å². The lowest BCUT2D eigenvalue weighted by Crippen LogP contribution is -2.42. The third-order valence-corrected chi connectivity index (χ3v) is 4.98. The molecular formula is C17H25N5O. The lowest BCUT2D eigenvalue weighted by Gasteiger charge is -2.34. The number of carbonyl (C=O) groups excluding carboxylic acids is 1. The summed E-state index contributed by atoms with van der Waals surface area (Å²) in [6.07, 6.45) is 5.88. The van der Waals surface area contributed by atoms with Crippen LogP contribution >= 0.6 is 0 Å². The Balaban J connectivity index is 1.77. The number of aryl methyl sites for hydroxylation is 2. The lowest BCUT2D eigenvalue weighted by atomic mass is 9.96. The molecule has 1 saturated heterocycles. The predicted octanol–water partition coefficient (Wildman–Crippen LogP) is 2.20. The molecule has 0 radical (unpaired) electrons. The maximum Gasteiger partial charge on any atom is 0.230 e. The van der Waals surface area contributed by atoms with Crippen LogP contribution in [0.1, 0.15) is 48.7 Å². The van der Waals surface area contributed by atoms with Crippen LogP contribution in [-0.2, 0) is 11.8 Å². The van der Waals surface area contributed by atoms with Crippen molar-refractivity contribution in [3.63, 3.8) is 0 Å². The van der Waals surface area contributed by atoms with E-state index in [0.717, 1.165) is 42.9 Å². The fourth-order valence-corrected chi connectivity index (χ4v) is 3.68. The van der Waals surface area contributed by atoms with Gasteiger partial charge >= 0.3 is 0 Å². The summed E-state index contributed by atoms with van der Waals surface area (Å²) < 4.78 is 3.84. The van der Waals surface area contributed by atoms with Gasteiger partial charge in [0.05, 0.1) is 17.7 Å². The minimum absolute atomic E-state index is 0.153. The first-order valence-electron chi connectivity index (χ1n) is 8.27. The number of nitrogens with zero attached hydrogens (tertiary/aromatic N) is 5. The molecule has 3 rings (SSSR count). The average molecular weight is 315 g/mol. The van der Waals surface area contributed by atoms with Gasteiger partial charge in [0.2, 0.25) is 5.91 Å². The predicted molar refractivity (Wildman–Crippen MR) is 88.2 cm³/mol. The number of hydrogen-bond acceptors (Lipinski definition) is 3. The highest BCUT2D eigenvalue weighted by atomic mass is 16.2. The Labute approximate surface area is 137 Å². The Morgan fingerprint density at radius 2 is 2.17 bits per heavy atom. The molecule has 1 aliphatic rings. The molecule has 0 N–H and O–H groups in total. The maximum absolute atomic E-state index is 13.0. The molecule has 1 aliphatic heterocycles. The molecule has 6 heteroatoms. The van der Waals surface area contributed by atoms with Crippen LogP contribution in [0, 0.1) is 13.8 Å². The second kappa shape index (κ2) is 6.18. The highest BCUT2D eigenvalue weighted by molar-refractivity contribution is 5.84. The van der Waals surface area contributed by atoms with Gasteiger partial charge in [-0.25, -0.2) is 0 Å². The number of piperidine rings is 1. The summed E-state index contributed by atoms with van der Waals surface area (Å²) in [6.45, 7) is 7.58. The molecule has 1 fully saturated rings. The smallest absolute Gasteiger partial charge is 0.230 e. The van der Waals surface area contributed by atoms with E-state index in [-0.39, 0.29) is 17.9 Å². The van der Waals surface area contributed by atoms with Crippen LogP contribution in [-0.4, -0.2) is 43.5 Å². The largest absolute Gasteiger partial charge is 0.340 e. The van der Waals surface area contributed by atoms with Crippen LogP contribution < -0.4 is 0 Å². The first kappa shape index (κ1) is 15.8. The van der Waals surface area contributed by atoms with Crippen LogP contribution in [0.4, 0.5) is 0 Å². The summed E-state index contributed by atoms with van der Waals surface area (Å²) in [4.78, 5) is 15.0. The minimum Gasteiger partial charge on any atom is -0.340 e. The van der Waals surface area contributed by atoms with Crippen molar-refractivity contribution in [2.24, 2.45) is 7.05 Å². The van der Waals surface area contributed by atoms with Gasteiger partial charge < -0.3 is 4.90 Å². The summed E-state index contributed by atoms with van der Waals surface area (Å²) >= 11 is 0. The third-order valence-electron chi connectivity index (χ3n) is 4.98. The molecule has 1 amide bonds. The third kappa shape index (κ3) is 2.90. The van der Waals surface area contributed by atoms with Gasteiger partial charge in [-0.05, 0) is 39.7 Å². The Bertz CT molecular complexity index is 688. The summed E-state index contributed by atoms with van der Waals surface area (Å²) in [5.74, 6) is 0.0427. The van der Waals surface area contributed by atoms with Crippen LogP contribution in [0.2, 0.25) is 0 Å². The highest BCUT2D eigenvalue weighted by Crippen LogP contribution is 2.28. The van der Waals surface area contributed by atoms with Gasteiger partial charge in [0.1, 0.15) is 0 Å². The summed E-state index contributed by atoms with van der Waals surface area (Å²) in [5.41, 5.74) is 3.09. The summed E-state index contributed by atoms with van der Waals surface area (Å²) in [5, 5.41) is 8.78. The molecule has 0 saturated carbocycles. The van der Waals surface area contributed by atoms with Crippen LogP contribution in [0.5, 0.6) is 0 Å². The highest BCUT2D eigenvalue weighted by Gasteiger charge is 2.30. The van der Waals surface area contributed by atoms with Crippen LogP contribution in [0.3, 0.4) is 0 Å². The lowest BCUT2D eigenvalue weighted by molar-refractivity contribution is -0.134. The van der Waals surface area contributed by atoms with E-state index in [1.807, 2.05) is 54.3 Å². The fraction of sp³-hybridized carbons (Fsp3) is 0.588. The van der Waals surface area contributed by atoms with Crippen molar-refractivity contribution < 1.29 is 4.79 Å². The van der Waals surface area contributed by atoms with E-state index in [9.17, 15) is 4.79 Å². The molecule has 3 heterocycles. The van der Waals surface area contributed by atoms with Crippen LogP contribution in [0.25, 0.3) is 0 Å². The molecule has 2 unspecified atom stereocenters. The van der Waals surface area contributed by atoms with Gasteiger partial charge in [0, 0.05) is 43.8 Å². The van der Waals surface area contributed by atoms with E-state index in [4.69, 9.17) is 0 Å². The monoisotopic (exact) mass is 315 g/mol. The SMILES string of the molecule is Cc1nn(C)c(C)c1C(C)C(=O)N1CCCC(n2cccn2)C1. The quantitative estimate of drug-likeness (QED) is 0.872. The van der Waals surface area contributed by atoms with Crippen molar-refractivity contribution in [3.05, 3.63) is 35.4 Å². The number of hydrogen-bond donors (Lipinski definition) is 0. The van der Waals surface area contributed by atoms with Crippen molar-refractivity contribution in [1.82, 2.24) is 24.5 Å². The molecule has 0 aliphatic carbocycles. The van der Waals surface area contributed by atoms with Crippen molar-refractivity contribution >= 4 is 5.91 Å². The van der Waals surface area contributed by atoms with E-state index < -0.39 is 0 Å². The number of aromatic nitrogens is 4. The maximum atomic E-state index is 13.0. The van der Waals surface area contributed by atoms with Crippen molar-refractivity contribution in [3.8, 4) is 0 Å². The van der Waals surface area contributed by atoms with Gasteiger partial charge in [-0.15, -0.1) is 0 Å².